The molecule has 0 saturated heterocycles. The quantitative estimate of drug-likeness (QED) is 0.536. The summed E-state index contributed by atoms with van der Waals surface area (Å²) in [5, 5.41) is 15.7. The lowest BCUT2D eigenvalue weighted by atomic mass is 10.1. The van der Waals surface area contributed by atoms with E-state index in [1.54, 1.807) is 31.1 Å². The normalized spacial score (nSPS) is 10.9. The van der Waals surface area contributed by atoms with Gasteiger partial charge in [0, 0.05) is 18.3 Å². The van der Waals surface area contributed by atoms with Crippen molar-refractivity contribution in [1.29, 1.82) is 0 Å². The van der Waals surface area contributed by atoms with Crippen molar-refractivity contribution in [2.45, 2.75) is 20.4 Å². The smallest absolute Gasteiger partial charge is 0.227 e. The number of benzene rings is 1. The second-order valence-electron chi connectivity index (χ2n) is 6.46. The van der Waals surface area contributed by atoms with Crippen LogP contribution < -0.4 is 14.8 Å². The van der Waals surface area contributed by atoms with E-state index in [-0.39, 0.29) is 0 Å². The van der Waals surface area contributed by atoms with Gasteiger partial charge in [0.2, 0.25) is 5.95 Å². The molecule has 9 nitrogen and oxygen atoms in total. The lowest BCUT2D eigenvalue weighted by Gasteiger charge is -2.10. The maximum Gasteiger partial charge on any atom is 0.227 e. The summed E-state index contributed by atoms with van der Waals surface area (Å²) in [5.41, 5.74) is 4.42. The van der Waals surface area contributed by atoms with E-state index in [9.17, 15) is 0 Å². The van der Waals surface area contributed by atoms with Gasteiger partial charge in [0.25, 0.3) is 0 Å². The van der Waals surface area contributed by atoms with Crippen molar-refractivity contribution < 1.29 is 9.47 Å². The van der Waals surface area contributed by atoms with Gasteiger partial charge in [-0.3, -0.25) is 0 Å². The topological polar surface area (TPSA) is 99.4 Å². The lowest BCUT2D eigenvalue weighted by molar-refractivity contribution is 0.355. The van der Waals surface area contributed by atoms with Crippen LogP contribution in [0.25, 0.3) is 16.8 Å². The molecule has 4 rings (SSSR count). The number of aryl methyl sites for hydroxylation is 2. The molecule has 1 N–H and O–H groups in total. The average molecular weight is 391 g/mol. The van der Waals surface area contributed by atoms with Crippen LogP contribution in [-0.2, 0) is 6.54 Å². The zero-order chi connectivity index (χ0) is 20.4. The Morgan fingerprint density at radius 2 is 1.83 bits per heavy atom. The van der Waals surface area contributed by atoms with Gasteiger partial charge in [0.15, 0.2) is 17.1 Å². The second kappa shape index (κ2) is 7.70. The molecule has 4 aromatic rings. The summed E-state index contributed by atoms with van der Waals surface area (Å²) in [7, 11) is 3.23. The number of rotatable bonds is 6. The van der Waals surface area contributed by atoms with Crippen molar-refractivity contribution in [3.8, 4) is 22.6 Å². The van der Waals surface area contributed by atoms with Crippen molar-refractivity contribution in [1.82, 2.24) is 29.8 Å². The molecule has 0 aliphatic heterocycles. The Hall–Kier alpha value is -3.75. The van der Waals surface area contributed by atoms with Crippen LogP contribution in [-0.4, -0.2) is 44.0 Å². The first kappa shape index (κ1) is 18.6. The minimum atomic E-state index is 0.547. The molecule has 3 heterocycles. The number of methoxy groups -OCH3 is 2. The SMILES string of the molecule is COc1ccc(-c2c(C)nn3c(NCc4ccnnc4)nc(C)nc23)cc1OC. The molecule has 0 fully saturated rings. The van der Waals surface area contributed by atoms with Crippen LogP contribution in [0.4, 0.5) is 5.95 Å². The second-order valence-corrected chi connectivity index (χ2v) is 6.46. The Balaban J connectivity index is 1.79. The fourth-order valence-electron chi connectivity index (χ4n) is 3.19. The Morgan fingerprint density at radius 3 is 2.55 bits per heavy atom. The minimum Gasteiger partial charge on any atom is -0.493 e. The van der Waals surface area contributed by atoms with Crippen LogP contribution in [0.15, 0.2) is 36.7 Å². The summed E-state index contributed by atoms with van der Waals surface area (Å²) in [6.07, 6.45) is 3.37. The molecule has 0 spiro atoms. The summed E-state index contributed by atoms with van der Waals surface area (Å²) in [4.78, 5) is 9.16. The van der Waals surface area contributed by atoms with Gasteiger partial charge < -0.3 is 14.8 Å². The van der Waals surface area contributed by atoms with Gasteiger partial charge in [0.05, 0.1) is 26.1 Å². The van der Waals surface area contributed by atoms with Crippen LogP contribution in [0.1, 0.15) is 17.1 Å². The average Bonchev–Trinajstić information content (AvgIpc) is 3.07. The van der Waals surface area contributed by atoms with Gasteiger partial charge in [-0.2, -0.15) is 24.8 Å². The number of ether oxygens (including phenoxy) is 2. The van der Waals surface area contributed by atoms with E-state index in [4.69, 9.17) is 9.47 Å². The van der Waals surface area contributed by atoms with Gasteiger partial charge in [-0.15, -0.1) is 0 Å². The van der Waals surface area contributed by atoms with Crippen LogP contribution in [0.3, 0.4) is 0 Å². The van der Waals surface area contributed by atoms with Gasteiger partial charge in [-0.25, -0.2) is 4.98 Å². The molecule has 0 amide bonds. The third kappa shape index (κ3) is 3.54. The number of aromatic nitrogens is 6. The molecule has 0 atom stereocenters. The standard InChI is InChI=1S/C20H21N7O2/c1-12-18(15-5-6-16(28-3)17(9-15)29-4)19-24-13(2)25-20(27(19)26-12)21-10-14-7-8-22-23-11-14/h5-9,11H,10H2,1-4H3,(H,21,24,25). The van der Waals surface area contributed by atoms with Crippen molar-refractivity contribution in [2.75, 3.05) is 19.5 Å². The van der Waals surface area contributed by atoms with Crippen molar-refractivity contribution in [3.63, 3.8) is 0 Å². The minimum absolute atomic E-state index is 0.547. The Morgan fingerprint density at radius 1 is 1.00 bits per heavy atom. The molecule has 1 aromatic carbocycles. The van der Waals surface area contributed by atoms with Crippen molar-refractivity contribution in [2.24, 2.45) is 0 Å². The molecule has 0 unspecified atom stereocenters. The number of hydrogen-bond acceptors (Lipinski definition) is 8. The summed E-state index contributed by atoms with van der Waals surface area (Å²) in [6, 6.07) is 7.67. The zero-order valence-corrected chi connectivity index (χ0v) is 16.7. The molecule has 148 valence electrons. The first-order valence-corrected chi connectivity index (χ1v) is 9.06. The maximum atomic E-state index is 5.45. The first-order chi connectivity index (χ1) is 14.1. The highest BCUT2D eigenvalue weighted by Crippen LogP contribution is 2.35. The van der Waals surface area contributed by atoms with Crippen LogP contribution in [0.5, 0.6) is 11.5 Å². The molecular weight excluding hydrogens is 370 g/mol. The van der Waals surface area contributed by atoms with Crippen LogP contribution in [0.2, 0.25) is 0 Å². The number of nitrogens with zero attached hydrogens (tertiary/aromatic N) is 6. The molecule has 0 bridgehead atoms. The molecule has 0 aliphatic carbocycles. The Kier molecular flexibility index (Phi) is 4.94. The van der Waals surface area contributed by atoms with Crippen molar-refractivity contribution in [3.05, 3.63) is 53.7 Å². The number of hydrogen-bond donors (Lipinski definition) is 1. The van der Waals surface area contributed by atoms with Gasteiger partial charge in [0.1, 0.15) is 5.82 Å². The number of fused-ring (bicyclic) bond motifs is 1. The molecule has 29 heavy (non-hydrogen) atoms. The van der Waals surface area contributed by atoms with E-state index in [2.05, 4.69) is 30.6 Å². The molecule has 0 aliphatic rings. The van der Waals surface area contributed by atoms with E-state index < -0.39 is 0 Å². The van der Waals surface area contributed by atoms with E-state index in [0.29, 0.717) is 29.8 Å². The summed E-state index contributed by atoms with van der Waals surface area (Å²) >= 11 is 0. The number of anilines is 1. The lowest BCUT2D eigenvalue weighted by Crippen LogP contribution is -2.10. The van der Waals surface area contributed by atoms with Crippen LogP contribution >= 0.6 is 0 Å². The van der Waals surface area contributed by atoms with Gasteiger partial charge >= 0.3 is 0 Å². The van der Waals surface area contributed by atoms with E-state index in [1.165, 1.54) is 0 Å². The third-order valence-electron chi connectivity index (χ3n) is 4.54. The Bertz CT molecular complexity index is 1160. The maximum absolute atomic E-state index is 5.45. The molecule has 3 aromatic heterocycles. The highest BCUT2D eigenvalue weighted by atomic mass is 16.5. The highest BCUT2D eigenvalue weighted by Gasteiger charge is 2.18. The van der Waals surface area contributed by atoms with E-state index >= 15 is 0 Å². The number of nitrogens with one attached hydrogen (secondary N) is 1. The monoisotopic (exact) mass is 391 g/mol. The van der Waals surface area contributed by atoms with Gasteiger partial charge in [-0.1, -0.05) is 6.07 Å². The first-order valence-electron chi connectivity index (χ1n) is 9.06. The zero-order valence-electron chi connectivity index (χ0n) is 16.7. The molecule has 0 saturated carbocycles. The molecule has 0 radical (unpaired) electrons. The molecule has 9 heteroatoms. The molecular formula is C20H21N7O2. The fraction of sp³-hybridized carbons (Fsp3) is 0.250. The summed E-state index contributed by atoms with van der Waals surface area (Å²) < 4.78 is 12.5. The Labute approximate surface area is 167 Å². The van der Waals surface area contributed by atoms with E-state index in [0.717, 1.165) is 28.0 Å². The predicted molar refractivity (Wildman–Crippen MR) is 108 cm³/mol. The van der Waals surface area contributed by atoms with Crippen molar-refractivity contribution >= 4 is 11.6 Å². The highest BCUT2D eigenvalue weighted by molar-refractivity contribution is 5.81. The predicted octanol–water partition coefficient (Wildman–Crippen LogP) is 2.83. The third-order valence-corrected chi connectivity index (χ3v) is 4.54. The van der Waals surface area contributed by atoms with Crippen LogP contribution in [0, 0.1) is 13.8 Å². The fourth-order valence-corrected chi connectivity index (χ4v) is 3.19. The summed E-state index contributed by atoms with van der Waals surface area (Å²) in [5.74, 6) is 2.58. The van der Waals surface area contributed by atoms with Gasteiger partial charge in [-0.05, 0) is 43.2 Å². The van der Waals surface area contributed by atoms with E-state index in [1.807, 2.05) is 38.1 Å². The summed E-state index contributed by atoms with van der Waals surface area (Å²) in [6.45, 7) is 4.36. The largest absolute Gasteiger partial charge is 0.493 e.